The number of nitrogens with one attached hydrogen (secondary N) is 2. The number of rotatable bonds is 7. The van der Waals surface area contributed by atoms with Crippen LogP contribution in [0.4, 0.5) is 9.18 Å². The van der Waals surface area contributed by atoms with Gasteiger partial charge in [-0.3, -0.25) is 0 Å². The van der Waals surface area contributed by atoms with Gasteiger partial charge in [-0.05, 0) is 42.2 Å². The molecule has 0 unspecified atom stereocenters. The van der Waals surface area contributed by atoms with Crippen molar-refractivity contribution in [3.63, 3.8) is 0 Å². The van der Waals surface area contributed by atoms with E-state index in [9.17, 15) is 14.3 Å². The fraction of sp³-hybridized carbons (Fsp3) is 0.350. The van der Waals surface area contributed by atoms with Gasteiger partial charge in [0.25, 0.3) is 0 Å². The third-order valence-electron chi connectivity index (χ3n) is 4.16. The molecule has 2 rings (SSSR count). The van der Waals surface area contributed by atoms with Crippen LogP contribution in [0.1, 0.15) is 31.4 Å². The van der Waals surface area contributed by atoms with E-state index < -0.39 is 5.41 Å². The number of urea groups is 1. The van der Waals surface area contributed by atoms with Gasteiger partial charge in [-0.25, -0.2) is 9.18 Å². The first-order valence-electron chi connectivity index (χ1n) is 8.43. The summed E-state index contributed by atoms with van der Waals surface area (Å²) < 4.78 is 13.9. The van der Waals surface area contributed by atoms with Crippen molar-refractivity contribution in [2.75, 3.05) is 13.1 Å². The molecule has 0 spiro atoms. The summed E-state index contributed by atoms with van der Waals surface area (Å²) in [5.41, 5.74) is 1.21. The van der Waals surface area contributed by atoms with Crippen LogP contribution in [0.5, 0.6) is 5.75 Å². The predicted octanol–water partition coefficient (Wildman–Crippen LogP) is 3.74. The maximum atomic E-state index is 13.9. The van der Waals surface area contributed by atoms with Gasteiger partial charge in [0.15, 0.2) is 0 Å². The summed E-state index contributed by atoms with van der Waals surface area (Å²) in [5, 5.41) is 14.9. The van der Waals surface area contributed by atoms with Crippen molar-refractivity contribution in [3.8, 4) is 5.75 Å². The van der Waals surface area contributed by atoms with Gasteiger partial charge in [-0.2, -0.15) is 0 Å². The first-order valence-corrected chi connectivity index (χ1v) is 8.43. The molecular weight excluding hydrogens is 319 g/mol. The van der Waals surface area contributed by atoms with Crippen molar-refractivity contribution in [2.45, 2.75) is 32.1 Å². The molecule has 0 aliphatic carbocycles. The molecule has 0 aliphatic heterocycles. The highest BCUT2D eigenvalue weighted by Crippen LogP contribution is 2.24. The molecule has 4 nitrogen and oxygen atoms in total. The minimum Gasteiger partial charge on any atom is -0.508 e. The summed E-state index contributed by atoms with van der Waals surface area (Å²) in [6.07, 6.45) is 1.62. The standard InChI is InChI=1S/C20H25FN2O2/c1-20(2,17-7-3-4-8-18(17)21)14-23-19(25)22-13-5-6-15-9-11-16(24)12-10-15/h3-4,7-12,24H,5-6,13-14H2,1-2H3,(H2,22,23,25). The van der Waals surface area contributed by atoms with Gasteiger partial charge in [0.2, 0.25) is 0 Å². The Bertz CT molecular complexity index is 699. The summed E-state index contributed by atoms with van der Waals surface area (Å²) in [6.45, 7) is 4.69. The summed E-state index contributed by atoms with van der Waals surface area (Å²) >= 11 is 0. The Kier molecular flexibility index (Phi) is 6.39. The molecule has 5 heteroatoms. The van der Waals surface area contributed by atoms with Crippen LogP contribution < -0.4 is 10.6 Å². The van der Waals surface area contributed by atoms with Crippen LogP contribution >= 0.6 is 0 Å². The topological polar surface area (TPSA) is 61.4 Å². The van der Waals surface area contributed by atoms with Gasteiger partial charge in [0.05, 0.1) is 0 Å². The zero-order chi connectivity index (χ0) is 18.3. The van der Waals surface area contributed by atoms with Crippen LogP contribution in [0.25, 0.3) is 0 Å². The molecule has 0 bridgehead atoms. The second kappa shape index (κ2) is 8.51. The molecule has 3 N–H and O–H groups in total. The summed E-state index contributed by atoms with van der Waals surface area (Å²) in [7, 11) is 0. The average Bonchev–Trinajstić information content (AvgIpc) is 2.59. The van der Waals surface area contributed by atoms with Crippen molar-refractivity contribution in [1.82, 2.24) is 10.6 Å². The van der Waals surface area contributed by atoms with Crippen molar-refractivity contribution in [3.05, 3.63) is 65.5 Å². The van der Waals surface area contributed by atoms with Gasteiger partial charge in [-0.1, -0.05) is 44.2 Å². The minimum absolute atomic E-state index is 0.249. The smallest absolute Gasteiger partial charge is 0.314 e. The molecule has 0 saturated carbocycles. The first kappa shape index (κ1) is 18.8. The molecule has 0 atom stereocenters. The number of amides is 2. The Morgan fingerprint density at radius 2 is 1.76 bits per heavy atom. The van der Waals surface area contributed by atoms with Gasteiger partial charge in [-0.15, -0.1) is 0 Å². The number of halogens is 1. The van der Waals surface area contributed by atoms with Crippen molar-refractivity contribution in [2.24, 2.45) is 0 Å². The molecule has 25 heavy (non-hydrogen) atoms. The van der Waals surface area contributed by atoms with Gasteiger partial charge >= 0.3 is 6.03 Å². The van der Waals surface area contributed by atoms with E-state index in [0.717, 1.165) is 18.4 Å². The highest BCUT2D eigenvalue weighted by atomic mass is 19.1. The van der Waals surface area contributed by atoms with E-state index in [1.54, 1.807) is 30.3 Å². The van der Waals surface area contributed by atoms with Crippen molar-refractivity contribution in [1.29, 1.82) is 0 Å². The van der Waals surface area contributed by atoms with E-state index in [2.05, 4.69) is 10.6 Å². The minimum atomic E-state index is -0.491. The fourth-order valence-electron chi connectivity index (χ4n) is 2.63. The zero-order valence-corrected chi connectivity index (χ0v) is 14.7. The zero-order valence-electron chi connectivity index (χ0n) is 14.7. The number of hydrogen-bond acceptors (Lipinski definition) is 2. The number of aryl methyl sites for hydroxylation is 1. The van der Waals surface area contributed by atoms with E-state index in [0.29, 0.717) is 18.7 Å². The Balaban J connectivity index is 1.71. The van der Waals surface area contributed by atoms with E-state index in [1.807, 2.05) is 26.0 Å². The Labute approximate surface area is 148 Å². The average molecular weight is 344 g/mol. The monoisotopic (exact) mass is 344 g/mol. The van der Waals surface area contributed by atoms with Gasteiger partial charge in [0.1, 0.15) is 11.6 Å². The SMILES string of the molecule is CC(C)(CNC(=O)NCCCc1ccc(O)cc1)c1ccccc1F. The van der Waals surface area contributed by atoms with Crippen LogP contribution in [0, 0.1) is 5.82 Å². The molecule has 0 aliphatic rings. The predicted molar refractivity (Wildman–Crippen MR) is 97.3 cm³/mol. The highest BCUT2D eigenvalue weighted by Gasteiger charge is 2.24. The maximum Gasteiger partial charge on any atom is 0.314 e. The summed E-state index contributed by atoms with van der Waals surface area (Å²) in [6, 6.07) is 13.4. The molecule has 134 valence electrons. The Morgan fingerprint density at radius 3 is 2.44 bits per heavy atom. The number of benzene rings is 2. The van der Waals surface area contributed by atoms with E-state index in [4.69, 9.17) is 0 Å². The lowest BCUT2D eigenvalue weighted by atomic mass is 9.84. The van der Waals surface area contributed by atoms with Gasteiger partial charge in [0, 0.05) is 18.5 Å². The van der Waals surface area contributed by atoms with Crippen LogP contribution in [0.3, 0.4) is 0 Å². The number of hydrogen-bond donors (Lipinski definition) is 3. The molecular formula is C20H25FN2O2. The fourth-order valence-corrected chi connectivity index (χ4v) is 2.63. The number of phenols is 1. The highest BCUT2D eigenvalue weighted by molar-refractivity contribution is 5.73. The van der Waals surface area contributed by atoms with E-state index in [-0.39, 0.29) is 17.6 Å². The third-order valence-corrected chi connectivity index (χ3v) is 4.16. The third kappa shape index (κ3) is 5.78. The molecule has 2 aromatic carbocycles. The summed E-state index contributed by atoms with van der Waals surface area (Å²) in [4.78, 5) is 11.9. The lowest BCUT2D eigenvalue weighted by Gasteiger charge is -2.26. The van der Waals surface area contributed by atoms with Crippen LogP contribution in [-0.2, 0) is 11.8 Å². The largest absolute Gasteiger partial charge is 0.508 e. The second-order valence-electron chi connectivity index (χ2n) is 6.74. The van der Waals surface area contributed by atoms with Crippen LogP contribution in [0.15, 0.2) is 48.5 Å². The molecule has 0 radical (unpaired) electrons. The molecule has 0 saturated heterocycles. The van der Waals surface area contributed by atoms with E-state index in [1.165, 1.54) is 6.07 Å². The maximum absolute atomic E-state index is 13.9. The Morgan fingerprint density at radius 1 is 1.08 bits per heavy atom. The molecule has 2 aromatic rings. The molecule has 0 heterocycles. The lowest BCUT2D eigenvalue weighted by molar-refractivity contribution is 0.238. The number of carbonyl (C=O) groups excluding carboxylic acids is 1. The van der Waals surface area contributed by atoms with E-state index >= 15 is 0 Å². The van der Waals surface area contributed by atoms with Crippen molar-refractivity contribution < 1.29 is 14.3 Å². The summed E-state index contributed by atoms with van der Waals surface area (Å²) in [5.74, 6) is -0.0117. The second-order valence-corrected chi connectivity index (χ2v) is 6.74. The van der Waals surface area contributed by atoms with Crippen LogP contribution in [0.2, 0.25) is 0 Å². The van der Waals surface area contributed by atoms with Crippen molar-refractivity contribution >= 4 is 6.03 Å². The normalized spacial score (nSPS) is 11.2. The van der Waals surface area contributed by atoms with Gasteiger partial charge < -0.3 is 15.7 Å². The quantitative estimate of drug-likeness (QED) is 0.670. The molecule has 2 amide bonds. The number of aromatic hydroxyl groups is 1. The molecule has 0 aromatic heterocycles. The molecule has 0 fully saturated rings. The first-order chi connectivity index (χ1) is 11.9. The lowest BCUT2D eigenvalue weighted by Crippen LogP contribution is -2.42. The Hall–Kier alpha value is -2.56. The number of carbonyl (C=O) groups is 1. The number of phenolic OH excluding ortho intramolecular Hbond substituents is 1. The van der Waals surface area contributed by atoms with Crippen LogP contribution in [-0.4, -0.2) is 24.2 Å².